The lowest BCUT2D eigenvalue weighted by molar-refractivity contribution is 0.819. The third-order valence-corrected chi connectivity index (χ3v) is 4.64. The minimum atomic E-state index is 0.527. The molecule has 0 bridgehead atoms. The van der Waals surface area contributed by atoms with Crippen molar-refractivity contribution in [2.24, 2.45) is 0 Å². The Morgan fingerprint density at radius 1 is 1.30 bits per heavy atom. The Hall–Kier alpha value is -2.22. The molecular weight excluding hydrogens is 310 g/mol. The molecule has 0 fully saturated rings. The molecule has 0 unspecified atom stereocenters. The first kappa shape index (κ1) is 15.7. The van der Waals surface area contributed by atoms with Gasteiger partial charge in [0, 0.05) is 30.3 Å². The third kappa shape index (κ3) is 3.26. The van der Waals surface area contributed by atoms with E-state index in [0.717, 1.165) is 59.2 Å². The molecule has 7 nitrogen and oxygen atoms in total. The van der Waals surface area contributed by atoms with Crippen LogP contribution >= 0.6 is 11.3 Å². The zero-order valence-corrected chi connectivity index (χ0v) is 14.4. The summed E-state index contributed by atoms with van der Waals surface area (Å²) in [5, 5.41) is 17.4. The molecule has 0 aromatic carbocycles. The summed E-state index contributed by atoms with van der Waals surface area (Å²) in [7, 11) is 0. The number of fused-ring (bicyclic) bond motifs is 1. The van der Waals surface area contributed by atoms with Crippen LogP contribution in [0.15, 0.2) is 6.07 Å². The second-order valence-electron chi connectivity index (χ2n) is 5.50. The van der Waals surface area contributed by atoms with Crippen molar-refractivity contribution in [1.29, 1.82) is 0 Å². The molecule has 0 atom stereocenters. The highest BCUT2D eigenvalue weighted by Crippen LogP contribution is 2.19. The molecule has 0 aliphatic rings. The maximum Gasteiger partial charge on any atom is 0.203 e. The van der Waals surface area contributed by atoms with E-state index < -0.39 is 0 Å². The van der Waals surface area contributed by atoms with Crippen LogP contribution in [0.3, 0.4) is 0 Å². The lowest BCUT2D eigenvalue weighted by Crippen LogP contribution is -2.09. The number of hydrogen-bond acceptors (Lipinski definition) is 7. The average Bonchev–Trinajstić information content (AvgIpc) is 3.08. The molecule has 0 saturated heterocycles. The van der Waals surface area contributed by atoms with Crippen LogP contribution in [-0.4, -0.2) is 31.3 Å². The van der Waals surface area contributed by atoms with E-state index in [4.69, 9.17) is 5.73 Å². The van der Waals surface area contributed by atoms with Crippen molar-refractivity contribution in [2.75, 3.05) is 17.6 Å². The van der Waals surface area contributed by atoms with E-state index in [1.165, 1.54) is 11.3 Å². The Morgan fingerprint density at radius 3 is 2.83 bits per heavy atom. The first-order valence-corrected chi connectivity index (χ1v) is 8.57. The highest BCUT2D eigenvalue weighted by atomic mass is 32.1. The molecule has 0 aliphatic heterocycles. The molecule has 0 saturated carbocycles. The number of aryl methyl sites for hydroxylation is 4. The Bertz CT molecular complexity index is 821. The van der Waals surface area contributed by atoms with E-state index in [0.29, 0.717) is 5.13 Å². The molecule has 0 aliphatic carbocycles. The van der Waals surface area contributed by atoms with Gasteiger partial charge in [-0.2, -0.15) is 9.61 Å². The number of nitrogens with zero attached hydrogens (tertiary/aromatic N) is 5. The van der Waals surface area contributed by atoms with Crippen LogP contribution in [0.25, 0.3) is 5.65 Å². The van der Waals surface area contributed by atoms with Crippen molar-refractivity contribution in [1.82, 2.24) is 24.8 Å². The van der Waals surface area contributed by atoms with E-state index in [-0.39, 0.29) is 0 Å². The molecule has 3 N–H and O–H groups in total. The monoisotopic (exact) mass is 331 g/mol. The van der Waals surface area contributed by atoms with Crippen molar-refractivity contribution < 1.29 is 0 Å². The van der Waals surface area contributed by atoms with Crippen LogP contribution in [-0.2, 0) is 12.8 Å². The first-order chi connectivity index (χ1) is 11.1. The van der Waals surface area contributed by atoms with Crippen molar-refractivity contribution in [3.63, 3.8) is 0 Å². The second kappa shape index (κ2) is 6.49. The minimum absolute atomic E-state index is 0.527. The lowest BCUT2D eigenvalue weighted by atomic mass is 10.2. The SMILES string of the molecule is CCc1cc(NCCCc2nnc(N)s2)n2nc(C)c(C)c2n1. The van der Waals surface area contributed by atoms with Gasteiger partial charge in [0.1, 0.15) is 10.8 Å². The van der Waals surface area contributed by atoms with E-state index in [2.05, 4.69) is 45.5 Å². The summed E-state index contributed by atoms with van der Waals surface area (Å²) >= 11 is 1.45. The molecule has 0 radical (unpaired) electrons. The summed E-state index contributed by atoms with van der Waals surface area (Å²) in [5.74, 6) is 0.986. The zero-order chi connectivity index (χ0) is 16.4. The number of anilines is 2. The fourth-order valence-corrected chi connectivity index (χ4v) is 3.06. The highest BCUT2D eigenvalue weighted by molar-refractivity contribution is 7.15. The number of rotatable bonds is 6. The summed E-state index contributed by atoms with van der Waals surface area (Å²) in [5.41, 5.74) is 9.74. The summed E-state index contributed by atoms with van der Waals surface area (Å²) < 4.78 is 1.90. The fraction of sp³-hybridized carbons (Fsp3) is 0.467. The average molecular weight is 331 g/mol. The van der Waals surface area contributed by atoms with Crippen LogP contribution in [0, 0.1) is 13.8 Å². The molecule has 3 heterocycles. The maximum absolute atomic E-state index is 5.60. The molecular formula is C15H21N7S. The smallest absolute Gasteiger partial charge is 0.203 e. The molecule has 3 aromatic rings. The molecule has 3 aromatic heterocycles. The number of nitrogens with two attached hydrogens (primary N) is 1. The topological polar surface area (TPSA) is 94.0 Å². The first-order valence-electron chi connectivity index (χ1n) is 7.76. The summed E-state index contributed by atoms with van der Waals surface area (Å²) in [6, 6.07) is 2.07. The molecule has 3 rings (SSSR count). The quantitative estimate of drug-likeness (QED) is 0.674. The van der Waals surface area contributed by atoms with Crippen LogP contribution in [0.5, 0.6) is 0 Å². The summed E-state index contributed by atoms with van der Waals surface area (Å²) in [6.45, 7) is 7.02. The predicted octanol–water partition coefficient (Wildman–Crippen LogP) is 2.39. The second-order valence-corrected chi connectivity index (χ2v) is 6.59. The van der Waals surface area contributed by atoms with Gasteiger partial charge in [-0.1, -0.05) is 18.3 Å². The van der Waals surface area contributed by atoms with Gasteiger partial charge in [-0.05, 0) is 26.7 Å². The van der Waals surface area contributed by atoms with Gasteiger partial charge >= 0.3 is 0 Å². The van der Waals surface area contributed by atoms with Crippen molar-refractivity contribution in [3.8, 4) is 0 Å². The Labute approximate surface area is 139 Å². The van der Waals surface area contributed by atoms with E-state index in [1.54, 1.807) is 0 Å². The van der Waals surface area contributed by atoms with Crippen LogP contribution in [0.2, 0.25) is 0 Å². The van der Waals surface area contributed by atoms with Gasteiger partial charge in [0.2, 0.25) is 5.13 Å². The van der Waals surface area contributed by atoms with Crippen LogP contribution < -0.4 is 11.1 Å². The molecule has 23 heavy (non-hydrogen) atoms. The lowest BCUT2D eigenvalue weighted by Gasteiger charge is -2.09. The molecule has 0 spiro atoms. The molecule has 0 amide bonds. The molecule has 122 valence electrons. The number of hydrogen-bond donors (Lipinski definition) is 2. The van der Waals surface area contributed by atoms with Gasteiger partial charge in [-0.25, -0.2) is 4.98 Å². The van der Waals surface area contributed by atoms with Gasteiger partial charge in [0.15, 0.2) is 5.65 Å². The van der Waals surface area contributed by atoms with E-state index >= 15 is 0 Å². The third-order valence-electron chi connectivity index (χ3n) is 3.83. The van der Waals surface area contributed by atoms with E-state index in [9.17, 15) is 0 Å². The fourth-order valence-electron chi connectivity index (χ4n) is 2.41. The number of nitrogen functional groups attached to an aromatic ring is 1. The van der Waals surface area contributed by atoms with Gasteiger partial charge in [-0.15, -0.1) is 10.2 Å². The summed E-state index contributed by atoms with van der Waals surface area (Å²) in [6.07, 6.45) is 2.73. The normalized spacial score (nSPS) is 11.3. The van der Waals surface area contributed by atoms with Gasteiger partial charge < -0.3 is 11.1 Å². The van der Waals surface area contributed by atoms with Crippen LogP contribution in [0.4, 0.5) is 10.9 Å². The number of nitrogens with one attached hydrogen (secondary N) is 1. The Balaban J connectivity index is 1.72. The van der Waals surface area contributed by atoms with Crippen molar-refractivity contribution in [2.45, 2.75) is 40.0 Å². The maximum atomic E-state index is 5.60. The minimum Gasteiger partial charge on any atom is -0.374 e. The predicted molar refractivity (Wildman–Crippen MR) is 93.0 cm³/mol. The molecule has 8 heteroatoms. The largest absolute Gasteiger partial charge is 0.374 e. The Morgan fingerprint density at radius 2 is 2.13 bits per heavy atom. The van der Waals surface area contributed by atoms with E-state index in [1.807, 2.05) is 11.4 Å². The highest BCUT2D eigenvalue weighted by Gasteiger charge is 2.11. The van der Waals surface area contributed by atoms with Gasteiger partial charge in [0.05, 0.1) is 5.69 Å². The van der Waals surface area contributed by atoms with Crippen molar-refractivity contribution in [3.05, 3.63) is 28.0 Å². The number of aromatic nitrogens is 5. The summed E-state index contributed by atoms with van der Waals surface area (Å²) in [4.78, 5) is 4.68. The van der Waals surface area contributed by atoms with Crippen LogP contribution in [0.1, 0.15) is 35.3 Å². The van der Waals surface area contributed by atoms with Gasteiger partial charge in [-0.3, -0.25) is 0 Å². The zero-order valence-electron chi connectivity index (χ0n) is 13.6. The van der Waals surface area contributed by atoms with Gasteiger partial charge in [0.25, 0.3) is 0 Å². The van der Waals surface area contributed by atoms with Crippen molar-refractivity contribution >= 4 is 27.9 Å². The Kier molecular flexibility index (Phi) is 4.42. The standard InChI is InChI=1S/C15H21N7S/c1-4-11-8-12(22-14(18-11)9(2)10(3)21-22)17-7-5-6-13-19-20-15(16)23-13/h8,17H,4-7H2,1-3H3,(H2,16,20).